The third-order valence-corrected chi connectivity index (χ3v) is 7.31. The lowest BCUT2D eigenvalue weighted by atomic mass is 9.84. The fraction of sp³-hybridized carbons (Fsp3) is 0.519. The van der Waals surface area contributed by atoms with Crippen LogP contribution in [0.5, 0.6) is 0 Å². The first kappa shape index (κ1) is 24.2. The highest BCUT2D eigenvalue weighted by Gasteiger charge is 2.55. The van der Waals surface area contributed by atoms with Crippen LogP contribution in [-0.4, -0.2) is 49.0 Å². The molecule has 0 aromatic heterocycles. The standard InChI is InChI=1S/C27H34N2O5/c1-6-28(7-2)15-21-18-11-10-12-23-24(18)22(16-29(23)17(5)30)20-14-27(13-19(20)21,25(31)33-8-3)26(32)34-9-4/h10-12H,6-9,13-16H2,1-5H3. The van der Waals surface area contributed by atoms with Crippen molar-refractivity contribution in [2.75, 3.05) is 31.2 Å². The van der Waals surface area contributed by atoms with Crippen molar-refractivity contribution in [3.8, 4) is 0 Å². The molecule has 0 unspecified atom stereocenters. The molecular formula is C27H34N2O5. The number of fused-ring (bicyclic) bond motifs is 2. The number of carbonyl (C=O) groups is 3. The van der Waals surface area contributed by atoms with E-state index in [4.69, 9.17) is 9.47 Å². The maximum atomic E-state index is 13.3. The normalized spacial score (nSPS) is 15.6. The van der Waals surface area contributed by atoms with Crippen LogP contribution >= 0.6 is 0 Å². The van der Waals surface area contributed by atoms with Gasteiger partial charge in [-0.3, -0.25) is 19.3 Å². The Hall–Kier alpha value is -2.93. The largest absolute Gasteiger partial charge is 0.465 e. The lowest BCUT2D eigenvalue weighted by molar-refractivity contribution is -0.171. The average molecular weight is 467 g/mol. The number of benzene rings is 2. The Bertz CT molecular complexity index is 1130. The third-order valence-electron chi connectivity index (χ3n) is 7.31. The van der Waals surface area contributed by atoms with Crippen molar-refractivity contribution in [3.05, 3.63) is 40.5 Å². The minimum atomic E-state index is -1.40. The van der Waals surface area contributed by atoms with Crippen molar-refractivity contribution in [1.82, 2.24) is 4.90 Å². The van der Waals surface area contributed by atoms with Crippen LogP contribution in [0.3, 0.4) is 0 Å². The molecule has 1 amide bonds. The number of carbonyl (C=O) groups excluding carboxylic acids is 3. The molecular weight excluding hydrogens is 432 g/mol. The van der Waals surface area contributed by atoms with Crippen LogP contribution in [0.2, 0.25) is 0 Å². The van der Waals surface area contributed by atoms with Crippen LogP contribution < -0.4 is 4.90 Å². The first-order chi connectivity index (χ1) is 16.3. The molecule has 182 valence electrons. The smallest absolute Gasteiger partial charge is 0.324 e. The second-order valence-corrected chi connectivity index (χ2v) is 9.06. The van der Waals surface area contributed by atoms with Gasteiger partial charge in [0.2, 0.25) is 5.91 Å². The summed E-state index contributed by atoms with van der Waals surface area (Å²) in [5, 5.41) is 2.15. The van der Waals surface area contributed by atoms with E-state index >= 15 is 0 Å². The second-order valence-electron chi connectivity index (χ2n) is 9.06. The molecule has 0 N–H and O–H groups in total. The molecule has 0 fully saturated rings. The number of esters is 2. The van der Waals surface area contributed by atoms with Crippen molar-refractivity contribution >= 4 is 34.3 Å². The van der Waals surface area contributed by atoms with Crippen molar-refractivity contribution < 1.29 is 23.9 Å². The van der Waals surface area contributed by atoms with E-state index in [1.165, 1.54) is 0 Å². The van der Waals surface area contributed by atoms with Crippen molar-refractivity contribution in [2.45, 2.75) is 60.5 Å². The lowest BCUT2D eigenvalue weighted by Crippen LogP contribution is -2.43. The van der Waals surface area contributed by atoms with Crippen LogP contribution in [0.4, 0.5) is 5.69 Å². The summed E-state index contributed by atoms with van der Waals surface area (Å²) in [5.74, 6) is -1.09. The predicted molar refractivity (Wildman–Crippen MR) is 131 cm³/mol. The molecule has 4 rings (SSSR count). The van der Waals surface area contributed by atoms with E-state index in [0.29, 0.717) is 13.1 Å². The number of hydrogen-bond donors (Lipinski definition) is 0. The molecule has 0 saturated carbocycles. The van der Waals surface area contributed by atoms with Gasteiger partial charge in [-0.1, -0.05) is 26.0 Å². The van der Waals surface area contributed by atoms with Gasteiger partial charge in [0.1, 0.15) is 0 Å². The van der Waals surface area contributed by atoms with Gasteiger partial charge in [-0.15, -0.1) is 0 Å². The van der Waals surface area contributed by atoms with Gasteiger partial charge in [0.05, 0.1) is 25.4 Å². The Morgan fingerprint density at radius 1 is 0.941 bits per heavy atom. The minimum absolute atomic E-state index is 0.0252. The number of amides is 1. The van der Waals surface area contributed by atoms with Crippen molar-refractivity contribution in [3.63, 3.8) is 0 Å². The van der Waals surface area contributed by atoms with Crippen molar-refractivity contribution in [1.29, 1.82) is 0 Å². The van der Waals surface area contributed by atoms with Gasteiger partial charge < -0.3 is 14.4 Å². The van der Waals surface area contributed by atoms with Gasteiger partial charge >= 0.3 is 11.9 Å². The Morgan fingerprint density at radius 2 is 1.56 bits per heavy atom. The third kappa shape index (κ3) is 3.66. The van der Waals surface area contributed by atoms with Crippen LogP contribution in [0.25, 0.3) is 10.8 Å². The number of nitrogens with zero attached hydrogens (tertiary/aromatic N) is 2. The Kier molecular flexibility index (Phi) is 6.67. The first-order valence-electron chi connectivity index (χ1n) is 12.3. The summed E-state index contributed by atoms with van der Waals surface area (Å²) < 4.78 is 10.8. The maximum Gasteiger partial charge on any atom is 0.324 e. The molecule has 7 nitrogen and oxygen atoms in total. The van der Waals surface area contributed by atoms with E-state index in [2.05, 4.69) is 24.8 Å². The second kappa shape index (κ2) is 9.37. The summed E-state index contributed by atoms with van der Waals surface area (Å²) in [5.41, 5.74) is 3.68. The van der Waals surface area contributed by atoms with E-state index in [1.54, 1.807) is 25.7 Å². The Morgan fingerprint density at radius 3 is 2.12 bits per heavy atom. The number of anilines is 1. The van der Waals surface area contributed by atoms with Crippen LogP contribution in [0.15, 0.2) is 18.2 Å². The molecule has 0 bridgehead atoms. The van der Waals surface area contributed by atoms with Crippen molar-refractivity contribution in [2.24, 2.45) is 5.41 Å². The summed E-state index contributed by atoms with van der Waals surface area (Å²) in [7, 11) is 0. The SMILES string of the molecule is CCOC(=O)C1(C(=O)OCC)Cc2c(c3c4c(cccc4c2CN(CC)CC)N(C(C)=O)C3)C1. The molecule has 0 saturated heterocycles. The predicted octanol–water partition coefficient (Wildman–Crippen LogP) is 3.76. The van der Waals surface area contributed by atoms with E-state index in [-0.39, 0.29) is 32.0 Å². The highest BCUT2D eigenvalue weighted by atomic mass is 16.6. The molecule has 2 aromatic rings. The Labute approximate surface area is 201 Å². The van der Waals surface area contributed by atoms with E-state index in [1.807, 2.05) is 12.1 Å². The van der Waals surface area contributed by atoms with Gasteiger partial charge in [0.15, 0.2) is 5.41 Å². The van der Waals surface area contributed by atoms with E-state index < -0.39 is 17.4 Å². The molecule has 2 aliphatic rings. The van der Waals surface area contributed by atoms with Gasteiger partial charge in [0, 0.05) is 31.7 Å². The van der Waals surface area contributed by atoms with Gasteiger partial charge in [-0.05, 0) is 60.6 Å². The number of hydrogen-bond acceptors (Lipinski definition) is 6. The Balaban J connectivity index is 1.97. The fourth-order valence-electron chi connectivity index (χ4n) is 5.56. The summed E-state index contributed by atoms with van der Waals surface area (Å²) >= 11 is 0. The van der Waals surface area contributed by atoms with Gasteiger partial charge in [0.25, 0.3) is 0 Å². The first-order valence-corrected chi connectivity index (χ1v) is 12.3. The topological polar surface area (TPSA) is 76.2 Å². The lowest BCUT2D eigenvalue weighted by Gasteiger charge is -2.25. The maximum absolute atomic E-state index is 13.3. The minimum Gasteiger partial charge on any atom is -0.465 e. The van der Waals surface area contributed by atoms with E-state index in [0.717, 1.165) is 51.8 Å². The molecule has 1 aliphatic heterocycles. The molecule has 2 aromatic carbocycles. The molecule has 1 heterocycles. The number of ether oxygens (including phenoxy) is 2. The molecule has 0 atom stereocenters. The molecule has 34 heavy (non-hydrogen) atoms. The van der Waals surface area contributed by atoms with Gasteiger partial charge in [-0.25, -0.2) is 0 Å². The zero-order valence-electron chi connectivity index (χ0n) is 20.8. The molecule has 0 spiro atoms. The zero-order chi connectivity index (χ0) is 24.6. The molecule has 1 aliphatic carbocycles. The average Bonchev–Trinajstić information content (AvgIpc) is 3.41. The van der Waals surface area contributed by atoms with Crippen LogP contribution in [0.1, 0.15) is 56.9 Å². The quantitative estimate of drug-likeness (QED) is 0.436. The summed E-state index contributed by atoms with van der Waals surface area (Å²) in [6.07, 6.45) is 0.487. The monoisotopic (exact) mass is 466 g/mol. The summed E-state index contributed by atoms with van der Waals surface area (Å²) in [6, 6.07) is 6.06. The summed E-state index contributed by atoms with van der Waals surface area (Å²) in [4.78, 5) is 43.2. The molecule has 7 heteroatoms. The number of rotatable bonds is 8. The highest BCUT2D eigenvalue weighted by Crippen LogP contribution is 2.50. The van der Waals surface area contributed by atoms with Crippen LogP contribution in [0, 0.1) is 5.41 Å². The fourth-order valence-corrected chi connectivity index (χ4v) is 5.56. The van der Waals surface area contributed by atoms with E-state index in [9.17, 15) is 14.4 Å². The van der Waals surface area contributed by atoms with Crippen LogP contribution in [-0.2, 0) is 49.8 Å². The van der Waals surface area contributed by atoms with Gasteiger partial charge in [-0.2, -0.15) is 0 Å². The zero-order valence-corrected chi connectivity index (χ0v) is 20.8. The molecule has 0 radical (unpaired) electrons. The highest BCUT2D eigenvalue weighted by molar-refractivity contribution is 6.11. The summed E-state index contributed by atoms with van der Waals surface area (Å²) in [6.45, 7) is 12.6.